The molecular weight excluding hydrogens is 470 g/mol. The summed E-state index contributed by atoms with van der Waals surface area (Å²) in [5.41, 5.74) is 4.68. The Bertz CT molecular complexity index is 1350. The van der Waals surface area contributed by atoms with E-state index in [4.69, 9.17) is 9.72 Å². The molecule has 10 nitrogen and oxygen atoms in total. The molecule has 0 atom stereocenters. The molecule has 5 heterocycles. The van der Waals surface area contributed by atoms with Crippen LogP contribution >= 0.6 is 0 Å². The predicted octanol–water partition coefficient (Wildman–Crippen LogP) is 3.15. The minimum Gasteiger partial charge on any atom is -0.450 e. The molecule has 192 valence electrons. The van der Waals surface area contributed by atoms with Crippen molar-refractivity contribution in [2.24, 2.45) is 5.41 Å². The highest BCUT2D eigenvalue weighted by Crippen LogP contribution is 2.37. The van der Waals surface area contributed by atoms with E-state index in [1.807, 2.05) is 54.4 Å². The summed E-state index contributed by atoms with van der Waals surface area (Å²) in [5.74, 6) is 0.566. The zero-order valence-electron chi connectivity index (χ0n) is 20.9. The van der Waals surface area contributed by atoms with Crippen LogP contribution in [0.3, 0.4) is 0 Å². The molecular formula is C27H31N7O3. The van der Waals surface area contributed by atoms with Crippen molar-refractivity contribution >= 4 is 34.9 Å². The van der Waals surface area contributed by atoms with Crippen LogP contribution in [0.4, 0.5) is 16.4 Å². The molecule has 2 aromatic heterocycles. The maximum atomic E-state index is 12.9. The summed E-state index contributed by atoms with van der Waals surface area (Å²) in [7, 11) is 0. The quantitative estimate of drug-likeness (QED) is 0.554. The van der Waals surface area contributed by atoms with Crippen LogP contribution in [0.25, 0.3) is 11.2 Å². The summed E-state index contributed by atoms with van der Waals surface area (Å²) < 4.78 is 6.87. The lowest BCUT2D eigenvalue weighted by Gasteiger charge is -2.47. The molecule has 0 bridgehead atoms. The number of carbonyl (C=O) groups excluding carboxylic acids is 2. The number of nitrogens with zero attached hydrogens (tertiary/aromatic N) is 5. The van der Waals surface area contributed by atoms with Gasteiger partial charge in [0.15, 0.2) is 5.65 Å². The second kappa shape index (κ2) is 9.51. The summed E-state index contributed by atoms with van der Waals surface area (Å²) in [6.07, 6.45) is 5.51. The van der Waals surface area contributed by atoms with Crippen molar-refractivity contribution in [2.75, 3.05) is 51.2 Å². The number of hydrogen-bond acceptors (Lipinski definition) is 7. The van der Waals surface area contributed by atoms with Crippen LogP contribution in [-0.2, 0) is 4.74 Å². The van der Waals surface area contributed by atoms with Gasteiger partial charge in [0, 0.05) is 61.1 Å². The average Bonchev–Trinajstić information content (AvgIpc) is 3.55. The van der Waals surface area contributed by atoms with Crippen LogP contribution in [0.5, 0.6) is 0 Å². The molecule has 3 aliphatic heterocycles. The molecule has 0 aliphatic carbocycles. The van der Waals surface area contributed by atoms with E-state index in [1.165, 1.54) is 0 Å². The molecule has 3 aromatic rings. The highest BCUT2D eigenvalue weighted by Gasteiger charge is 2.46. The Morgan fingerprint density at radius 3 is 2.70 bits per heavy atom. The van der Waals surface area contributed by atoms with E-state index in [-0.39, 0.29) is 12.0 Å². The first-order valence-electron chi connectivity index (χ1n) is 12.9. The third-order valence-electron chi connectivity index (χ3n) is 7.50. The molecule has 1 aromatic carbocycles. The van der Waals surface area contributed by atoms with E-state index in [2.05, 4.69) is 21.8 Å². The molecule has 0 saturated carbocycles. The van der Waals surface area contributed by atoms with Gasteiger partial charge in [-0.1, -0.05) is 6.08 Å². The number of aromatic nitrogens is 3. The predicted molar refractivity (Wildman–Crippen MR) is 140 cm³/mol. The fourth-order valence-electron chi connectivity index (χ4n) is 5.48. The van der Waals surface area contributed by atoms with Gasteiger partial charge in [0.05, 0.1) is 6.61 Å². The molecule has 10 heteroatoms. The third kappa shape index (κ3) is 4.53. The number of hydrogen-bond donors (Lipinski definition) is 2. The van der Waals surface area contributed by atoms with Crippen LogP contribution in [0.15, 0.2) is 48.7 Å². The zero-order valence-corrected chi connectivity index (χ0v) is 20.9. The van der Waals surface area contributed by atoms with Gasteiger partial charge in [-0.3, -0.25) is 4.79 Å². The lowest BCUT2D eigenvalue weighted by atomic mass is 9.79. The topological polar surface area (TPSA) is 104 Å². The van der Waals surface area contributed by atoms with Crippen molar-refractivity contribution in [3.05, 3.63) is 59.8 Å². The van der Waals surface area contributed by atoms with E-state index >= 15 is 0 Å². The van der Waals surface area contributed by atoms with Gasteiger partial charge >= 0.3 is 6.09 Å². The second-order valence-electron chi connectivity index (χ2n) is 10.0. The largest absolute Gasteiger partial charge is 0.450 e. The maximum absolute atomic E-state index is 12.9. The number of benzene rings is 1. The number of anilines is 2. The van der Waals surface area contributed by atoms with Gasteiger partial charge in [-0.2, -0.15) is 4.98 Å². The molecule has 0 radical (unpaired) electrons. The Hall–Kier alpha value is -3.92. The Morgan fingerprint density at radius 1 is 1.16 bits per heavy atom. The van der Waals surface area contributed by atoms with Gasteiger partial charge < -0.3 is 25.2 Å². The summed E-state index contributed by atoms with van der Waals surface area (Å²) >= 11 is 0. The summed E-state index contributed by atoms with van der Waals surface area (Å²) in [5, 5.41) is 11.2. The summed E-state index contributed by atoms with van der Waals surface area (Å²) in [4.78, 5) is 33.2. The number of pyridine rings is 1. The van der Waals surface area contributed by atoms with Crippen molar-refractivity contribution in [2.45, 2.75) is 19.8 Å². The van der Waals surface area contributed by atoms with Crippen LogP contribution in [0.2, 0.25) is 0 Å². The number of nitrogens with one attached hydrogen (secondary N) is 2. The van der Waals surface area contributed by atoms with Gasteiger partial charge in [-0.05, 0) is 68.3 Å². The number of likely N-dealkylation sites (tertiary alicyclic amines) is 1. The molecule has 2 saturated heterocycles. The first-order chi connectivity index (χ1) is 18.0. The van der Waals surface area contributed by atoms with E-state index in [0.29, 0.717) is 36.6 Å². The zero-order chi connectivity index (χ0) is 25.4. The van der Waals surface area contributed by atoms with Crippen molar-refractivity contribution in [1.82, 2.24) is 29.7 Å². The Balaban J connectivity index is 1.13. The van der Waals surface area contributed by atoms with Crippen LogP contribution in [0, 0.1) is 5.41 Å². The normalized spacial score (nSPS) is 18.6. The fourth-order valence-corrected chi connectivity index (χ4v) is 5.48. The molecule has 2 N–H and O–H groups in total. The third-order valence-corrected chi connectivity index (χ3v) is 7.50. The van der Waals surface area contributed by atoms with E-state index in [1.54, 1.807) is 9.42 Å². The van der Waals surface area contributed by atoms with Gasteiger partial charge in [-0.15, -0.1) is 5.10 Å². The standard InChI is InChI=1S/C27H31N7O3/c1-2-37-26(36)32-14-9-19(10-15-32)22-4-3-13-34-23(22)30-25(31-34)29-21-7-5-20(6-8-21)24(35)33-17-27(18-33)11-12-28-16-27/h3-9,13,28H,2,10-12,14-18H2,1H3,(H,29,31). The number of rotatable bonds is 5. The first kappa shape index (κ1) is 23.5. The Labute approximate surface area is 215 Å². The minimum atomic E-state index is -0.280. The van der Waals surface area contributed by atoms with E-state index in [9.17, 15) is 9.59 Å². The van der Waals surface area contributed by atoms with Crippen molar-refractivity contribution in [3.8, 4) is 0 Å². The number of carbonyl (C=O) groups is 2. The molecule has 3 aliphatic rings. The maximum Gasteiger partial charge on any atom is 0.410 e. The SMILES string of the molecule is CCOC(=O)N1CC=C(c2cccn3nc(Nc4ccc(C(=O)N5CC6(CCNC6)C5)cc4)nc23)CC1. The molecule has 2 amide bonds. The molecule has 2 fully saturated rings. The van der Waals surface area contributed by atoms with Gasteiger partial charge in [0.25, 0.3) is 5.91 Å². The lowest BCUT2D eigenvalue weighted by molar-refractivity contribution is 0.0159. The molecule has 1 spiro atoms. The summed E-state index contributed by atoms with van der Waals surface area (Å²) in [6, 6.07) is 11.5. The highest BCUT2D eigenvalue weighted by molar-refractivity contribution is 5.95. The van der Waals surface area contributed by atoms with Crippen molar-refractivity contribution < 1.29 is 14.3 Å². The van der Waals surface area contributed by atoms with Crippen LogP contribution < -0.4 is 10.6 Å². The van der Waals surface area contributed by atoms with E-state index < -0.39 is 0 Å². The van der Waals surface area contributed by atoms with Crippen LogP contribution in [0.1, 0.15) is 35.7 Å². The van der Waals surface area contributed by atoms with Gasteiger partial charge in [0.1, 0.15) is 0 Å². The van der Waals surface area contributed by atoms with Gasteiger partial charge in [0.2, 0.25) is 5.95 Å². The first-order valence-corrected chi connectivity index (χ1v) is 12.9. The number of ether oxygens (including phenoxy) is 1. The lowest BCUT2D eigenvalue weighted by Crippen LogP contribution is -2.59. The second-order valence-corrected chi connectivity index (χ2v) is 10.0. The average molecular weight is 502 g/mol. The molecule has 0 unspecified atom stereocenters. The smallest absolute Gasteiger partial charge is 0.410 e. The minimum absolute atomic E-state index is 0.0850. The Morgan fingerprint density at radius 2 is 2.00 bits per heavy atom. The number of fused-ring (bicyclic) bond motifs is 1. The molecule has 6 rings (SSSR count). The van der Waals surface area contributed by atoms with E-state index in [0.717, 1.165) is 61.5 Å². The van der Waals surface area contributed by atoms with Crippen LogP contribution in [-0.4, -0.2) is 82.3 Å². The monoisotopic (exact) mass is 501 g/mol. The van der Waals surface area contributed by atoms with Gasteiger partial charge in [-0.25, -0.2) is 9.31 Å². The fraction of sp³-hybridized carbons (Fsp3) is 0.407. The molecule has 37 heavy (non-hydrogen) atoms. The number of amides is 2. The summed E-state index contributed by atoms with van der Waals surface area (Å²) in [6.45, 7) is 7.03. The van der Waals surface area contributed by atoms with Crippen molar-refractivity contribution in [3.63, 3.8) is 0 Å². The Kier molecular flexibility index (Phi) is 6.03. The highest BCUT2D eigenvalue weighted by atomic mass is 16.6. The van der Waals surface area contributed by atoms with Crippen molar-refractivity contribution in [1.29, 1.82) is 0 Å².